The van der Waals surface area contributed by atoms with Crippen LogP contribution in [-0.2, 0) is 5.41 Å². The molecule has 0 aromatic heterocycles. The Balaban J connectivity index is 1.14. The number of amidine groups is 2. The van der Waals surface area contributed by atoms with Gasteiger partial charge in [-0.15, -0.1) is 0 Å². The Morgan fingerprint density at radius 1 is 0.588 bits per heavy atom. The van der Waals surface area contributed by atoms with Crippen molar-refractivity contribution in [1.29, 1.82) is 5.26 Å². The maximum atomic E-state index is 9.96. The van der Waals surface area contributed by atoms with Crippen LogP contribution in [0.3, 0.4) is 0 Å². The van der Waals surface area contributed by atoms with Gasteiger partial charge in [-0.25, -0.2) is 9.98 Å². The molecule has 2 aliphatic rings. The molecule has 0 fully saturated rings. The highest BCUT2D eigenvalue weighted by atomic mass is 15.2. The van der Waals surface area contributed by atoms with Gasteiger partial charge in [0.15, 0.2) is 5.84 Å². The van der Waals surface area contributed by atoms with Crippen molar-refractivity contribution in [1.82, 2.24) is 5.32 Å². The van der Waals surface area contributed by atoms with Gasteiger partial charge in [0.2, 0.25) is 0 Å². The lowest BCUT2D eigenvalue weighted by Gasteiger charge is -2.24. The Morgan fingerprint density at radius 3 is 2.04 bits per heavy atom. The van der Waals surface area contributed by atoms with E-state index in [2.05, 4.69) is 134 Å². The molecule has 0 saturated heterocycles. The first-order valence-electron chi connectivity index (χ1n) is 17.3. The summed E-state index contributed by atoms with van der Waals surface area (Å²) in [7, 11) is 0. The smallest absolute Gasteiger partial charge is 0.159 e. The lowest BCUT2D eigenvalue weighted by atomic mass is 9.81. The molecule has 0 radical (unpaired) electrons. The van der Waals surface area contributed by atoms with Crippen LogP contribution in [0.25, 0.3) is 44.2 Å². The molecule has 1 unspecified atom stereocenters. The molecule has 0 bridgehead atoms. The molecule has 242 valence electrons. The zero-order chi connectivity index (χ0) is 34.5. The Hall–Kier alpha value is -6.57. The summed E-state index contributed by atoms with van der Waals surface area (Å²) in [5.41, 5.74) is 12.9. The van der Waals surface area contributed by atoms with Crippen molar-refractivity contribution in [3.63, 3.8) is 0 Å². The molecule has 0 saturated carbocycles. The van der Waals surface area contributed by atoms with Gasteiger partial charge in [-0.1, -0.05) is 159 Å². The number of hydrogen-bond acceptors (Lipinski definition) is 4. The molecule has 1 N–H and O–H groups in total. The van der Waals surface area contributed by atoms with Crippen molar-refractivity contribution in [2.45, 2.75) is 25.4 Å². The second-order valence-corrected chi connectivity index (χ2v) is 13.7. The van der Waals surface area contributed by atoms with E-state index in [1.165, 1.54) is 33.0 Å². The van der Waals surface area contributed by atoms with Gasteiger partial charge >= 0.3 is 0 Å². The van der Waals surface area contributed by atoms with Crippen LogP contribution in [0.1, 0.15) is 53.4 Å². The number of fused-ring (bicyclic) bond motifs is 4. The molecule has 7 aromatic carbocycles. The van der Waals surface area contributed by atoms with Crippen molar-refractivity contribution >= 4 is 22.4 Å². The third-order valence-corrected chi connectivity index (χ3v) is 10.4. The first-order chi connectivity index (χ1) is 25.0. The number of benzene rings is 7. The number of nitriles is 1. The largest absolute Gasteiger partial charge is 0.344 e. The molecule has 9 rings (SSSR count). The van der Waals surface area contributed by atoms with Crippen molar-refractivity contribution in [2.75, 3.05) is 0 Å². The summed E-state index contributed by atoms with van der Waals surface area (Å²) in [5, 5.41) is 16.0. The van der Waals surface area contributed by atoms with Gasteiger partial charge in [0.05, 0.1) is 11.6 Å². The highest BCUT2D eigenvalue weighted by Crippen LogP contribution is 2.51. The zero-order valence-electron chi connectivity index (χ0n) is 28.4. The summed E-state index contributed by atoms with van der Waals surface area (Å²) in [6, 6.07) is 57.6. The predicted octanol–water partition coefficient (Wildman–Crippen LogP) is 10.8. The summed E-state index contributed by atoms with van der Waals surface area (Å²) < 4.78 is 0. The molecule has 51 heavy (non-hydrogen) atoms. The standard InChI is InChI=1S/C47H34N4/c1-47(2)40-19-11-17-36(29-48)43(40)39-27-25-35(28-41(39)47)38-26-24-30-12-9-10-18-37(30)42(38)31-20-22-34(23-21-31)46-50-44(32-13-5-3-6-14-32)49-45(51-46)33-15-7-4-8-16-33/h3-28,46H,1-2H3,(H,49,50,51). The topological polar surface area (TPSA) is 60.5 Å². The molecular weight excluding hydrogens is 621 g/mol. The van der Waals surface area contributed by atoms with Crippen LogP contribution >= 0.6 is 0 Å². The van der Waals surface area contributed by atoms with Gasteiger partial charge in [0.1, 0.15) is 12.0 Å². The molecule has 4 heteroatoms. The van der Waals surface area contributed by atoms with Crippen LogP contribution in [0.15, 0.2) is 168 Å². The second-order valence-electron chi connectivity index (χ2n) is 13.7. The molecular formula is C47H34N4. The molecule has 1 aliphatic carbocycles. The van der Waals surface area contributed by atoms with E-state index < -0.39 is 0 Å². The van der Waals surface area contributed by atoms with Crippen molar-refractivity contribution in [2.24, 2.45) is 9.98 Å². The van der Waals surface area contributed by atoms with E-state index in [1.54, 1.807) is 0 Å². The Kier molecular flexibility index (Phi) is 7.22. The van der Waals surface area contributed by atoms with Crippen LogP contribution in [0.5, 0.6) is 0 Å². The fraction of sp³-hybridized carbons (Fsp3) is 0.0851. The minimum Gasteiger partial charge on any atom is -0.344 e. The van der Waals surface area contributed by atoms with E-state index in [-0.39, 0.29) is 11.6 Å². The second kappa shape index (κ2) is 12.1. The Labute approximate surface area is 298 Å². The minimum absolute atomic E-state index is 0.222. The SMILES string of the molecule is CC1(C)c2cc(-c3ccc4ccccc4c3-c3ccc(C4N=C(c5ccccc5)N=C(c5ccccc5)N4)cc3)ccc2-c2c(C#N)cccc21. The van der Waals surface area contributed by atoms with Crippen LogP contribution in [0, 0.1) is 11.3 Å². The Morgan fingerprint density at radius 2 is 1.27 bits per heavy atom. The predicted molar refractivity (Wildman–Crippen MR) is 209 cm³/mol. The normalized spacial score (nSPS) is 15.6. The average molecular weight is 655 g/mol. The number of nitrogens with one attached hydrogen (secondary N) is 1. The van der Waals surface area contributed by atoms with Gasteiger partial charge in [0, 0.05) is 22.1 Å². The monoisotopic (exact) mass is 654 g/mol. The van der Waals surface area contributed by atoms with E-state index in [4.69, 9.17) is 9.98 Å². The number of hydrogen-bond donors (Lipinski definition) is 1. The highest BCUT2D eigenvalue weighted by Gasteiger charge is 2.37. The van der Waals surface area contributed by atoms with E-state index in [0.29, 0.717) is 5.84 Å². The molecule has 0 amide bonds. The number of nitrogens with zero attached hydrogens (tertiary/aromatic N) is 3. The van der Waals surface area contributed by atoms with E-state index in [1.807, 2.05) is 48.5 Å². The van der Waals surface area contributed by atoms with Gasteiger partial charge in [-0.05, 0) is 67.4 Å². The molecule has 0 spiro atoms. The summed E-state index contributed by atoms with van der Waals surface area (Å²) in [6.45, 7) is 4.53. The summed E-state index contributed by atoms with van der Waals surface area (Å²) in [4.78, 5) is 10.0. The number of rotatable bonds is 5. The summed E-state index contributed by atoms with van der Waals surface area (Å²) >= 11 is 0. The van der Waals surface area contributed by atoms with Crippen LogP contribution in [0.2, 0.25) is 0 Å². The van der Waals surface area contributed by atoms with E-state index in [0.717, 1.165) is 50.3 Å². The minimum atomic E-state index is -0.298. The van der Waals surface area contributed by atoms with Gasteiger partial charge in [-0.3, -0.25) is 0 Å². The molecule has 1 aliphatic heterocycles. The lowest BCUT2D eigenvalue weighted by Crippen LogP contribution is -2.33. The lowest BCUT2D eigenvalue weighted by molar-refractivity contribution is 0.660. The quantitative estimate of drug-likeness (QED) is 0.201. The van der Waals surface area contributed by atoms with E-state index >= 15 is 0 Å². The van der Waals surface area contributed by atoms with Crippen molar-refractivity contribution in [3.8, 4) is 39.4 Å². The fourth-order valence-electron chi connectivity index (χ4n) is 7.78. The Bertz CT molecular complexity index is 2570. The first-order valence-corrected chi connectivity index (χ1v) is 17.3. The average Bonchev–Trinajstić information content (AvgIpc) is 3.43. The maximum absolute atomic E-state index is 9.96. The molecule has 7 aromatic rings. The molecule has 1 atom stereocenters. The first kappa shape index (κ1) is 30.5. The maximum Gasteiger partial charge on any atom is 0.159 e. The highest BCUT2D eigenvalue weighted by molar-refractivity contribution is 6.13. The summed E-state index contributed by atoms with van der Waals surface area (Å²) in [5.74, 6) is 1.51. The van der Waals surface area contributed by atoms with Crippen LogP contribution < -0.4 is 5.32 Å². The van der Waals surface area contributed by atoms with Crippen LogP contribution in [-0.4, -0.2) is 11.7 Å². The van der Waals surface area contributed by atoms with Gasteiger partial charge < -0.3 is 5.32 Å². The van der Waals surface area contributed by atoms with Crippen molar-refractivity contribution < 1.29 is 0 Å². The third-order valence-electron chi connectivity index (χ3n) is 10.4. The molecule has 1 heterocycles. The van der Waals surface area contributed by atoms with Crippen molar-refractivity contribution in [3.05, 3.63) is 191 Å². The third kappa shape index (κ3) is 5.14. The van der Waals surface area contributed by atoms with Crippen LogP contribution in [0.4, 0.5) is 0 Å². The number of aliphatic imine (C=N–C) groups is 2. The summed E-state index contributed by atoms with van der Waals surface area (Å²) in [6.07, 6.45) is -0.298. The van der Waals surface area contributed by atoms with E-state index in [9.17, 15) is 5.26 Å². The molecule has 4 nitrogen and oxygen atoms in total. The van der Waals surface area contributed by atoms with Gasteiger partial charge in [0.25, 0.3) is 0 Å². The zero-order valence-corrected chi connectivity index (χ0v) is 28.4. The fourth-order valence-corrected chi connectivity index (χ4v) is 7.78. The van der Waals surface area contributed by atoms with Gasteiger partial charge in [-0.2, -0.15) is 5.26 Å².